The van der Waals surface area contributed by atoms with Gasteiger partial charge in [0.15, 0.2) is 15.5 Å². The standard InChI is InChI=1S/C22H26N6O4S2/c1-23-22(16-7-10-19-18(13-16)26-21(28(19)2)34(4,31)32)11-12-24-20(27-22)25-17-8-5-15(6-9-17)14-33(3,29)30/h5-13,23H,14H2,1-4H3,(H2,24,25,27). The molecule has 1 aromatic heterocycles. The molecule has 3 N–H and O–H groups in total. The van der Waals surface area contributed by atoms with Crippen LogP contribution in [0.5, 0.6) is 0 Å². The van der Waals surface area contributed by atoms with E-state index in [2.05, 4.69) is 20.9 Å². The Balaban J connectivity index is 1.66. The molecule has 0 saturated carbocycles. The van der Waals surface area contributed by atoms with Gasteiger partial charge in [0.1, 0.15) is 0 Å². The molecule has 1 unspecified atom stereocenters. The summed E-state index contributed by atoms with van der Waals surface area (Å²) in [6.45, 7) is 0. The number of fused-ring (bicyclic) bond motifs is 1. The second-order valence-electron chi connectivity index (χ2n) is 8.28. The minimum atomic E-state index is -3.47. The summed E-state index contributed by atoms with van der Waals surface area (Å²) in [7, 11) is -3.12. The second-order valence-corrected chi connectivity index (χ2v) is 12.3. The van der Waals surface area contributed by atoms with Crippen molar-refractivity contribution < 1.29 is 16.8 Å². The zero-order chi connectivity index (χ0) is 24.7. The van der Waals surface area contributed by atoms with Gasteiger partial charge in [-0.1, -0.05) is 18.2 Å². The van der Waals surface area contributed by atoms with Crippen molar-refractivity contribution >= 4 is 42.4 Å². The molecule has 0 radical (unpaired) electrons. The van der Waals surface area contributed by atoms with Crippen molar-refractivity contribution in [3.8, 4) is 0 Å². The first-order chi connectivity index (χ1) is 15.9. The third-order valence-electron chi connectivity index (χ3n) is 5.47. The topological polar surface area (TPSA) is 135 Å². The number of nitrogens with one attached hydrogen (secondary N) is 3. The van der Waals surface area contributed by atoms with Gasteiger partial charge in [-0.15, -0.1) is 0 Å². The lowest BCUT2D eigenvalue weighted by atomic mass is 9.98. The number of hydrogen-bond acceptors (Lipinski definition) is 9. The van der Waals surface area contributed by atoms with E-state index in [-0.39, 0.29) is 10.9 Å². The minimum absolute atomic E-state index is 0.00388. The normalized spacial score (nSPS) is 18.5. The molecule has 0 bridgehead atoms. The molecule has 0 amide bonds. The molecule has 1 aliphatic rings. The van der Waals surface area contributed by atoms with Crippen LogP contribution >= 0.6 is 0 Å². The summed E-state index contributed by atoms with van der Waals surface area (Å²) in [6, 6.07) is 12.6. The van der Waals surface area contributed by atoms with Gasteiger partial charge < -0.3 is 15.2 Å². The molecule has 34 heavy (non-hydrogen) atoms. The molecule has 2 aromatic carbocycles. The largest absolute Gasteiger partial charge is 0.333 e. The maximum atomic E-state index is 12.1. The average Bonchev–Trinajstić information content (AvgIpc) is 3.11. The molecular weight excluding hydrogens is 476 g/mol. The molecule has 2 heterocycles. The van der Waals surface area contributed by atoms with Gasteiger partial charge in [0.2, 0.25) is 21.0 Å². The van der Waals surface area contributed by atoms with Crippen molar-refractivity contribution in [3.63, 3.8) is 0 Å². The Bertz CT molecular complexity index is 1520. The summed E-state index contributed by atoms with van der Waals surface area (Å²) in [5, 5.41) is 9.50. The second kappa shape index (κ2) is 8.53. The van der Waals surface area contributed by atoms with E-state index in [0.717, 1.165) is 17.5 Å². The van der Waals surface area contributed by atoms with Gasteiger partial charge in [-0.2, -0.15) is 0 Å². The number of rotatable bonds is 6. The quantitative estimate of drug-likeness (QED) is 0.461. The highest BCUT2D eigenvalue weighted by Crippen LogP contribution is 2.30. The van der Waals surface area contributed by atoms with Gasteiger partial charge in [0.25, 0.3) is 0 Å². The fourth-order valence-electron chi connectivity index (χ4n) is 3.87. The first kappa shape index (κ1) is 23.9. The van der Waals surface area contributed by atoms with Crippen molar-refractivity contribution in [2.45, 2.75) is 16.6 Å². The predicted octanol–water partition coefficient (Wildman–Crippen LogP) is 1.48. The van der Waals surface area contributed by atoms with E-state index in [0.29, 0.717) is 22.6 Å². The lowest BCUT2D eigenvalue weighted by Gasteiger charge is -2.31. The number of anilines is 1. The summed E-state index contributed by atoms with van der Waals surface area (Å²) in [6.07, 6.45) is 5.95. The van der Waals surface area contributed by atoms with Crippen LogP contribution in [-0.4, -0.2) is 51.9 Å². The predicted molar refractivity (Wildman–Crippen MR) is 133 cm³/mol. The first-order valence-corrected chi connectivity index (χ1v) is 14.3. The highest BCUT2D eigenvalue weighted by atomic mass is 32.2. The average molecular weight is 503 g/mol. The Kier molecular flexibility index (Phi) is 6.00. The van der Waals surface area contributed by atoms with E-state index in [9.17, 15) is 16.8 Å². The van der Waals surface area contributed by atoms with Crippen LogP contribution in [0.3, 0.4) is 0 Å². The molecule has 1 aliphatic heterocycles. The molecule has 3 aromatic rings. The molecule has 0 fully saturated rings. The Morgan fingerprint density at radius 2 is 1.76 bits per heavy atom. The zero-order valence-corrected chi connectivity index (χ0v) is 20.8. The number of nitrogens with zero attached hydrogens (tertiary/aromatic N) is 3. The van der Waals surface area contributed by atoms with E-state index < -0.39 is 25.3 Å². The third kappa shape index (κ3) is 4.83. The number of aromatic nitrogens is 2. The van der Waals surface area contributed by atoms with Crippen molar-refractivity contribution in [3.05, 3.63) is 65.9 Å². The smallest absolute Gasteiger partial charge is 0.228 e. The molecule has 4 rings (SSSR count). The lowest BCUT2D eigenvalue weighted by Crippen LogP contribution is -2.43. The number of hydrogen-bond donors (Lipinski definition) is 3. The number of benzene rings is 2. The Morgan fingerprint density at radius 3 is 2.38 bits per heavy atom. The summed E-state index contributed by atoms with van der Waals surface area (Å²) in [5.74, 6) is 0.459. The SMILES string of the molecule is CNC1(c2ccc3c(c2)nc(S(C)(=O)=O)n3C)C=CNC(Nc2ccc(CS(C)(=O)=O)cc2)=N1. The highest BCUT2D eigenvalue weighted by molar-refractivity contribution is 7.90. The van der Waals surface area contributed by atoms with Gasteiger partial charge in [-0.3, -0.25) is 5.32 Å². The summed E-state index contributed by atoms with van der Waals surface area (Å²) in [4.78, 5) is 9.14. The summed E-state index contributed by atoms with van der Waals surface area (Å²) < 4.78 is 48.7. The Labute approximate surface area is 198 Å². The van der Waals surface area contributed by atoms with Crippen LogP contribution in [0.25, 0.3) is 11.0 Å². The number of aliphatic imine (C=N–C) groups is 1. The number of sulfone groups is 2. The van der Waals surface area contributed by atoms with E-state index in [1.54, 1.807) is 49.1 Å². The van der Waals surface area contributed by atoms with Gasteiger partial charge in [0.05, 0.1) is 16.8 Å². The maximum absolute atomic E-state index is 12.1. The van der Waals surface area contributed by atoms with Gasteiger partial charge >= 0.3 is 0 Å². The van der Waals surface area contributed by atoms with Gasteiger partial charge in [-0.25, -0.2) is 26.8 Å². The molecule has 1 atom stereocenters. The van der Waals surface area contributed by atoms with Crippen molar-refractivity contribution in [2.24, 2.45) is 12.0 Å². The van der Waals surface area contributed by atoms with Crippen LogP contribution in [0.2, 0.25) is 0 Å². The van der Waals surface area contributed by atoms with E-state index >= 15 is 0 Å². The fraction of sp³-hybridized carbons (Fsp3) is 0.273. The molecule has 10 nitrogen and oxygen atoms in total. The van der Waals surface area contributed by atoms with Crippen LogP contribution in [0.4, 0.5) is 5.69 Å². The van der Waals surface area contributed by atoms with E-state index in [4.69, 9.17) is 4.99 Å². The fourth-order valence-corrected chi connectivity index (χ4v) is 5.52. The highest BCUT2D eigenvalue weighted by Gasteiger charge is 2.31. The molecule has 180 valence electrons. The molecule has 0 spiro atoms. The lowest BCUT2D eigenvalue weighted by molar-refractivity contribution is 0.472. The van der Waals surface area contributed by atoms with Gasteiger partial charge in [0, 0.05) is 37.0 Å². The minimum Gasteiger partial charge on any atom is -0.333 e. The number of aryl methyl sites for hydroxylation is 1. The number of imidazole rings is 1. The molecule has 0 aliphatic carbocycles. The number of guanidine groups is 1. The van der Waals surface area contributed by atoms with Crippen LogP contribution in [-0.2, 0) is 38.1 Å². The van der Waals surface area contributed by atoms with Crippen LogP contribution in [0.15, 0.2) is 64.9 Å². The summed E-state index contributed by atoms with van der Waals surface area (Å²) >= 11 is 0. The molecule has 12 heteroatoms. The maximum Gasteiger partial charge on any atom is 0.228 e. The Hall–Kier alpha value is -3.22. The number of likely N-dealkylation sites (N-methyl/N-ethyl adjacent to an activating group) is 1. The zero-order valence-electron chi connectivity index (χ0n) is 19.2. The summed E-state index contributed by atoms with van der Waals surface area (Å²) in [5.41, 5.74) is 2.55. The van der Waals surface area contributed by atoms with Crippen molar-refractivity contribution in [1.82, 2.24) is 20.2 Å². The van der Waals surface area contributed by atoms with Crippen LogP contribution < -0.4 is 16.0 Å². The van der Waals surface area contributed by atoms with E-state index in [1.807, 2.05) is 24.3 Å². The van der Waals surface area contributed by atoms with E-state index in [1.165, 1.54) is 6.26 Å². The van der Waals surface area contributed by atoms with Crippen molar-refractivity contribution in [1.29, 1.82) is 0 Å². The van der Waals surface area contributed by atoms with Gasteiger partial charge in [-0.05, 0) is 43.0 Å². The van der Waals surface area contributed by atoms with Crippen LogP contribution in [0, 0.1) is 0 Å². The molecule has 0 saturated heterocycles. The monoisotopic (exact) mass is 502 g/mol. The van der Waals surface area contributed by atoms with Crippen LogP contribution in [0.1, 0.15) is 11.1 Å². The Morgan fingerprint density at radius 1 is 1.06 bits per heavy atom. The third-order valence-corrected chi connectivity index (χ3v) is 7.36. The van der Waals surface area contributed by atoms with Crippen molar-refractivity contribution in [2.75, 3.05) is 24.9 Å². The first-order valence-electron chi connectivity index (χ1n) is 10.3. The molecular formula is C22H26N6O4S2.